The summed E-state index contributed by atoms with van der Waals surface area (Å²) in [4.78, 5) is 15.4. The smallest absolute Gasteiger partial charge is 0.274 e. The minimum absolute atomic E-state index is 0.0890. The Hall–Kier alpha value is -2.42. The van der Waals surface area contributed by atoms with Crippen LogP contribution in [-0.4, -0.2) is 24.9 Å². The van der Waals surface area contributed by atoms with E-state index in [2.05, 4.69) is 9.71 Å². The molecule has 0 bridgehead atoms. The highest BCUT2D eigenvalue weighted by Gasteiger charge is 2.23. The maximum Gasteiger partial charge on any atom is 0.274 e. The molecule has 3 N–H and O–H groups in total. The summed E-state index contributed by atoms with van der Waals surface area (Å²) >= 11 is -2.09. The van der Waals surface area contributed by atoms with Crippen LogP contribution in [-0.2, 0) is 24.9 Å². The number of hydrogen-bond acceptors (Lipinski definition) is 3. The first-order chi connectivity index (χ1) is 13.4. The van der Waals surface area contributed by atoms with Crippen molar-refractivity contribution < 1.29 is 13.5 Å². The highest BCUT2D eigenvalue weighted by Crippen LogP contribution is 2.38. The first-order valence-corrected chi connectivity index (χ1v) is 10.3. The number of aryl methyl sites for hydroxylation is 2. The Morgan fingerprint density at radius 2 is 2.14 bits per heavy atom. The summed E-state index contributed by atoms with van der Waals surface area (Å²) in [6, 6.07) is 5.83. The van der Waals surface area contributed by atoms with Crippen molar-refractivity contribution in [3.8, 4) is 16.9 Å². The molecule has 1 unspecified atom stereocenters. The molecule has 8 heteroatoms. The van der Waals surface area contributed by atoms with Gasteiger partial charge in [0, 0.05) is 42.5 Å². The predicted octanol–water partition coefficient (Wildman–Crippen LogP) is 2.86. The Morgan fingerprint density at radius 1 is 1.36 bits per heavy atom. The van der Waals surface area contributed by atoms with Gasteiger partial charge in [-0.1, -0.05) is 0 Å². The van der Waals surface area contributed by atoms with E-state index in [0.29, 0.717) is 18.0 Å². The van der Waals surface area contributed by atoms with Crippen LogP contribution >= 0.6 is 0 Å². The Labute approximate surface area is 165 Å². The summed E-state index contributed by atoms with van der Waals surface area (Å²) in [5.41, 5.74) is 4.08. The molecule has 1 saturated carbocycles. The van der Waals surface area contributed by atoms with Crippen molar-refractivity contribution in [1.82, 2.24) is 14.3 Å². The van der Waals surface area contributed by atoms with Crippen molar-refractivity contribution in [1.29, 1.82) is 0 Å². The average molecular weight is 401 g/mol. The zero-order valence-electron chi connectivity index (χ0n) is 15.8. The van der Waals surface area contributed by atoms with E-state index in [9.17, 15) is 9.00 Å². The second kappa shape index (κ2) is 7.54. The predicted molar refractivity (Wildman–Crippen MR) is 110 cm³/mol. The van der Waals surface area contributed by atoms with Crippen molar-refractivity contribution in [2.75, 3.05) is 6.61 Å². The SMILES string of the molecule is Cc1cc(OCC2CC2)c(-c2cn(C)c(=O)c3[nH]ccc23)cc1CNS(=O)O. The molecule has 1 aliphatic carbocycles. The number of ether oxygens (including phenoxy) is 1. The molecule has 0 amide bonds. The lowest BCUT2D eigenvalue weighted by molar-refractivity contribution is 0.300. The van der Waals surface area contributed by atoms with E-state index in [1.165, 1.54) is 12.8 Å². The van der Waals surface area contributed by atoms with Gasteiger partial charge in [-0.2, -0.15) is 0 Å². The molecule has 1 fully saturated rings. The molecule has 1 aromatic carbocycles. The summed E-state index contributed by atoms with van der Waals surface area (Å²) in [5.74, 6) is 1.37. The number of hydrogen-bond donors (Lipinski definition) is 3. The van der Waals surface area contributed by atoms with Crippen molar-refractivity contribution in [3.63, 3.8) is 0 Å². The quantitative estimate of drug-likeness (QED) is 0.531. The van der Waals surface area contributed by atoms with Gasteiger partial charge in [-0.15, -0.1) is 0 Å². The minimum Gasteiger partial charge on any atom is -0.493 e. The third-order valence-corrected chi connectivity index (χ3v) is 5.57. The van der Waals surface area contributed by atoms with Gasteiger partial charge in [-0.05, 0) is 55.0 Å². The maximum absolute atomic E-state index is 12.4. The molecule has 1 atom stereocenters. The molecule has 7 nitrogen and oxygen atoms in total. The number of fused-ring (bicyclic) bond motifs is 1. The van der Waals surface area contributed by atoms with Gasteiger partial charge in [-0.3, -0.25) is 9.35 Å². The molecule has 0 spiro atoms. The molecule has 2 heterocycles. The molecule has 4 rings (SSSR count). The number of aromatic amines is 1. The molecule has 2 aromatic heterocycles. The molecular formula is C20H23N3O4S. The molecule has 0 radical (unpaired) electrons. The van der Waals surface area contributed by atoms with E-state index in [1.807, 2.05) is 31.3 Å². The fraction of sp³-hybridized carbons (Fsp3) is 0.350. The Kier molecular flexibility index (Phi) is 5.09. The highest BCUT2D eigenvalue weighted by molar-refractivity contribution is 7.77. The summed E-state index contributed by atoms with van der Waals surface area (Å²) < 4.78 is 30.4. The van der Waals surface area contributed by atoms with E-state index >= 15 is 0 Å². The third kappa shape index (κ3) is 3.76. The van der Waals surface area contributed by atoms with Crippen LogP contribution in [0.4, 0.5) is 0 Å². The van der Waals surface area contributed by atoms with E-state index in [0.717, 1.165) is 33.4 Å². The number of rotatable bonds is 7. The van der Waals surface area contributed by atoms with Crippen LogP contribution in [0.15, 0.2) is 35.4 Å². The Morgan fingerprint density at radius 3 is 2.86 bits per heavy atom. The van der Waals surface area contributed by atoms with Gasteiger partial charge in [-0.25, -0.2) is 8.93 Å². The first kappa shape index (κ1) is 18.9. The van der Waals surface area contributed by atoms with Gasteiger partial charge in [0.15, 0.2) is 0 Å². The van der Waals surface area contributed by atoms with Crippen molar-refractivity contribution >= 4 is 22.2 Å². The molecule has 0 aliphatic heterocycles. The number of benzene rings is 1. The van der Waals surface area contributed by atoms with Crippen LogP contribution in [0.5, 0.6) is 5.75 Å². The van der Waals surface area contributed by atoms with Crippen molar-refractivity contribution in [2.45, 2.75) is 26.3 Å². The number of pyridine rings is 1. The Bertz CT molecular complexity index is 1110. The van der Waals surface area contributed by atoms with Crippen molar-refractivity contribution in [3.05, 3.63) is 52.1 Å². The van der Waals surface area contributed by atoms with Crippen LogP contribution in [0.2, 0.25) is 0 Å². The molecular weight excluding hydrogens is 378 g/mol. The highest BCUT2D eigenvalue weighted by atomic mass is 32.2. The fourth-order valence-electron chi connectivity index (χ4n) is 3.36. The molecule has 28 heavy (non-hydrogen) atoms. The Balaban J connectivity index is 1.86. The molecule has 3 aromatic rings. The van der Waals surface area contributed by atoms with Gasteiger partial charge in [0.2, 0.25) is 11.3 Å². The topological polar surface area (TPSA) is 96.4 Å². The second-order valence-corrected chi connectivity index (χ2v) is 8.11. The van der Waals surface area contributed by atoms with Crippen LogP contribution in [0.3, 0.4) is 0 Å². The maximum atomic E-state index is 12.4. The first-order valence-electron chi connectivity index (χ1n) is 9.22. The molecule has 0 saturated heterocycles. The van der Waals surface area contributed by atoms with E-state index in [-0.39, 0.29) is 12.1 Å². The fourth-order valence-corrected chi connectivity index (χ4v) is 3.64. The molecule has 148 valence electrons. The van der Waals surface area contributed by atoms with E-state index in [1.54, 1.807) is 17.8 Å². The van der Waals surface area contributed by atoms with Gasteiger partial charge >= 0.3 is 0 Å². The summed E-state index contributed by atoms with van der Waals surface area (Å²) in [5, 5.41) is 0.827. The number of nitrogens with zero attached hydrogens (tertiary/aromatic N) is 1. The van der Waals surface area contributed by atoms with Crippen LogP contribution in [0, 0.1) is 12.8 Å². The zero-order chi connectivity index (χ0) is 19.8. The standard InChI is InChI=1S/C20H23N3O4S/c1-12-7-18(27-11-13-3-4-13)16(8-14(12)9-22-28(25)26)17-10-23(2)20(24)19-15(17)5-6-21-19/h5-8,10,13,21-22H,3-4,9,11H2,1-2H3,(H,25,26). The zero-order valence-corrected chi connectivity index (χ0v) is 16.6. The van der Waals surface area contributed by atoms with E-state index in [4.69, 9.17) is 9.29 Å². The summed E-state index contributed by atoms with van der Waals surface area (Å²) in [6.07, 6.45) is 5.96. The van der Waals surface area contributed by atoms with Crippen molar-refractivity contribution in [2.24, 2.45) is 13.0 Å². The average Bonchev–Trinajstić information content (AvgIpc) is 3.36. The third-order valence-electron chi connectivity index (χ3n) is 5.18. The largest absolute Gasteiger partial charge is 0.493 e. The number of aromatic nitrogens is 2. The van der Waals surface area contributed by atoms with Crippen LogP contribution in [0.25, 0.3) is 22.0 Å². The number of H-pyrrole nitrogens is 1. The van der Waals surface area contributed by atoms with Gasteiger partial charge < -0.3 is 14.3 Å². The minimum atomic E-state index is -2.09. The summed E-state index contributed by atoms with van der Waals surface area (Å²) in [7, 11) is 1.72. The lowest BCUT2D eigenvalue weighted by Gasteiger charge is -2.17. The summed E-state index contributed by atoms with van der Waals surface area (Å²) in [6.45, 7) is 2.89. The van der Waals surface area contributed by atoms with Crippen LogP contribution in [0.1, 0.15) is 24.0 Å². The second-order valence-electron chi connectivity index (χ2n) is 7.32. The normalized spacial score (nSPS) is 15.1. The van der Waals surface area contributed by atoms with Gasteiger partial charge in [0.05, 0.1) is 6.61 Å². The van der Waals surface area contributed by atoms with Gasteiger partial charge in [0.1, 0.15) is 11.3 Å². The number of nitrogens with one attached hydrogen (secondary N) is 2. The lowest BCUT2D eigenvalue weighted by Crippen LogP contribution is -2.17. The van der Waals surface area contributed by atoms with Gasteiger partial charge in [0.25, 0.3) is 5.56 Å². The monoisotopic (exact) mass is 401 g/mol. The lowest BCUT2D eigenvalue weighted by atomic mass is 9.97. The molecule has 1 aliphatic rings. The van der Waals surface area contributed by atoms with Crippen LogP contribution < -0.4 is 15.0 Å². The van der Waals surface area contributed by atoms with E-state index < -0.39 is 11.3 Å².